The van der Waals surface area contributed by atoms with E-state index in [1.807, 2.05) is 18.3 Å². The predicted octanol–water partition coefficient (Wildman–Crippen LogP) is -2.11. The van der Waals surface area contributed by atoms with Crippen molar-refractivity contribution in [1.29, 1.82) is 0 Å². The number of esters is 1. The quantitative estimate of drug-likeness (QED) is 0.0119. The molecule has 0 bridgehead atoms. The summed E-state index contributed by atoms with van der Waals surface area (Å²) < 4.78 is 78.8. The lowest BCUT2D eigenvalue weighted by molar-refractivity contribution is -0.188. The van der Waals surface area contributed by atoms with Crippen LogP contribution in [0.2, 0.25) is 0 Å². The minimum atomic E-state index is -5.37. The number of nitrogens with one attached hydrogen (secondary N) is 8. The maximum Gasteiger partial charge on any atom is 0.471 e. The van der Waals surface area contributed by atoms with Gasteiger partial charge in [-0.3, -0.25) is 95.7 Å². The molecule has 3 amide bonds. The van der Waals surface area contributed by atoms with Gasteiger partial charge in [0, 0.05) is 82.6 Å². The Labute approximate surface area is 816 Å². The molecule has 5 aromatic rings. The van der Waals surface area contributed by atoms with Crippen LogP contribution in [-0.4, -0.2) is 398 Å². The number of halogens is 3. The van der Waals surface area contributed by atoms with Gasteiger partial charge in [0.05, 0.1) is 66.8 Å². The Hall–Kier alpha value is -8.02. The largest absolute Gasteiger partial charge is 0.471 e. The molecule has 5 saturated heterocycles. The molecule has 10 heterocycles. The molecule has 20 atom stereocenters. The number of aromatic amines is 5. The third kappa shape index (κ3) is 36.6. The van der Waals surface area contributed by atoms with Crippen LogP contribution >= 0.6 is 46.6 Å². The highest BCUT2D eigenvalue weighted by molar-refractivity contribution is 7.73. The van der Waals surface area contributed by atoms with Gasteiger partial charge in [-0.05, 0) is 177 Å². The monoisotopic (exact) mass is 2120 g/mol. The van der Waals surface area contributed by atoms with Gasteiger partial charge in [-0.15, -0.1) is 65.9 Å². The third-order valence-corrected chi connectivity index (χ3v) is 30.2. The number of aliphatic hydroxyl groups excluding tert-OH is 10. The van der Waals surface area contributed by atoms with Crippen molar-refractivity contribution in [3.63, 3.8) is 0 Å². The van der Waals surface area contributed by atoms with Crippen molar-refractivity contribution in [2.24, 2.45) is 0 Å². The molecule has 5 aliphatic rings. The maximum atomic E-state index is 13.2. The minimum Gasteiger partial charge on any atom is -0.459 e. The predicted molar refractivity (Wildman–Crippen MR) is 540 cm³/mol. The van der Waals surface area contributed by atoms with E-state index in [0.29, 0.717) is 43.8 Å². The smallest absolute Gasteiger partial charge is 0.459 e. The summed E-state index contributed by atoms with van der Waals surface area (Å²) in [6.07, 6.45) is 6.31. The van der Waals surface area contributed by atoms with Crippen LogP contribution in [0.4, 0.5) is 13.2 Å². The van der Waals surface area contributed by atoms with Crippen molar-refractivity contribution < 1.29 is 117 Å². The molecule has 5 aliphatic heterocycles. The number of carbonyl (C=O) groups is 5. The second kappa shape index (κ2) is 50.9. The van der Waals surface area contributed by atoms with Crippen LogP contribution < -0.4 is 66.5 Å². The van der Waals surface area contributed by atoms with Crippen molar-refractivity contribution >= 4 is 108 Å². The number of ether oxygens (including phenoxy) is 6. The van der Waals surface area contributed by atoms with Gasteiger partial charge in [0.25, 0.3) is 27.8 Å². The van der Waals surface area contributed by atoms with E-state index in [4.69, 9.17) is 40.6 Å². The van der Waals surface area contributed by atoms with E-state index in [0.717, 1.165) is 49.1 Å². The van der Waals surface area contributed by atoms with Crippen LogP contribution in [0.25, 0.3) is 0 Å². The number of carbonyl (C=O) groups excluding carboxylic acids is 5. The molecule has 796 valence electrons. The van der Waals surface area contributed by atoms with E-state index in [9.17, 15) is 131 Å². The second-order valence-electron chi connectivity index (χ2n) is 39.9. The van der Waals surface area contributed by atoms with E-state index in [1.165, 1.54) is 82.8 Å². The second-order valence-corrected chi connectivity index (χ2v) is 61.9. The Balaban J connectivity index is 0.000000272. The zero-order valence-corrected chi connectivity index (χ0v) is 87.8. The molecule has 18 N–H and O–H groups in total. The lowest BCUT2D eigenvalue weighted by atomic mass is 10.1. The number of aliphatic hydroxyl groups is 10. The van der Waals surface area contributed by atoms with E-state index in [2.05, 4.69) is 121 Å². The van der Waals surface area contributed by atoms with Crippen LogP contribution in [0.5, 0.6) is 0 Å². The fourth-order valence-electron chi connectivity index (χ4n) is 14.8. The summed E-state index contributed by atoms with van der Waals surface area (Å²) in [6, 6.07) is 0. The lowest BCUT2D eigenvalue weighted by Crippen LogP contribution is -2.46. The molecule has 54 heteroatoms. The van der Waals surface area contributed by atoms with Gasteiger partial charge >= 0.3 is 40.8 Å². The van der Waals surface area contributed by atoms with Crippen molar-refractivity contribution in [1.82, 2.24) is 73.5 Å². The number of hydrogen-bond donors (Lipinski definition) is 18. The highest BCUT2D eigenvalue weighted by Gasteiger charge is 2.50. The molecule has 0 aliphatic carbocycles. The van der Waals surface area contributed by atoms with Crippen molar-refractivity contribution in [2.75, 3.05) is 125 Å². The molecule has 10 rings (SSSR count). The van der Waals surface area contributed by atoms with Crippen LogP contribution in [0, 0.1) is 4.77 Å². The average Bonchev–Trinajstić information content (AvgIpc) is 1.67. The van der Waals surface area contributed by atoms with Gasteiger partial charge < -0.3 is 105 Å². The number of H-pyrrole nitrogens is 5. The third-order valence-electron chi connectivity index (χ3n) is 22.5. The molecule has 0 spiro atoms. The number of Topliss-reactive ketones (excluding diaryl/α,β-unsaturated/α-hetero) is 1. The Morgan fingerprint density at radius 2 is 0.702 bits per heavy atom. The highest BCUT2D eigenvalue weighted by atomic mass is 32.1. The number of nitrogens with zero attached hydrogens (tertiary/aromatic N) is 7. The Kier molecular flexibility index (Phi) is 43.9. The Morgan fingerprint density at radius 1 is 0.433 bits per heavy atom. The number of ketones is 1. The van der Waals surface area contributed by atoms with Gasteiger partial charge in [0.15, 0.2) is 35.9 Å². The SMILES string of the molecule is C=P(C)(C)CC[C@H]1OC(n2cc(CN(C)C(C)=O)c(=O)[nH]c2=O)[C@H](O)[C@@H]1O.C=P(C)(C)CC[C@H]1OC(n2cc(CN(CC(=O)OC(C)(C)C)C(=O)C(F)(F)F)c(=O)[nH]c2=O)[C@H](O)[C@@H]1O.C=P(C)(C)CC[C@H]1OC(n2cc(CNC(C)=O)c(=O)[nH]c2=S)[C@H](O)[C@@H]1O.C=P(C)(C)CC[C@H]1OC(n2cc(CNC)c(=O)[nH]c2=O)[C@H](O)[C@@H]1O.C=P(C)(C)CC[C@H]1OC(n2cc(CNCC(C)=O)c(=O)[nH]c2=O)[C@H](O)[C@@H]1O. The van der Waals surface area contributed by atoms with E-state index in [-0.39, 0.29) is 76.7 Å². The topological polar surface area (TPSA) is 643 Å². The van der Waals surface area contributed by atoms with Gasteiger partial charge in [-0.25, -0.2) is 19.2 Å². The highest BCUT2D eigenvalue weighted by Crippen LogP contribution is 2.45. The van der Waals surface area contributed by atoms with E-state index >= 15 is 0 Å². The summed E-state index contributed by atoms with van der Waals surface area (Å²) in [4.78, 5) is 179. The minimum absolute atomic E-state index is 0.0000817. The van der Waals surface area contributed by atoms with Crippen LogP contribution in [0.3, 0.4) is 0 Å². The first-order valence-corrected chi connectivity index (χ1v) is 60.5. The first-order chi connectivity index (χ1) is 64.7. The zero-order valence-electron chi connectivity index (χ0n) is 82.5. The number of rotatable bonds is 34. The van der Waals surface area contributed by atoms with E-state index < -0.39 is 250 Å². The summed E-state index contributed by atoms with van der Waals surface area (Å²) in [6.45, 7) is 20.7. The molecule has 0 saturated carbocycles. The number of aromatic nitrogens is 10. The van der Waals surface area contributed by atoms with Gasteiger partial charge in [-0.2, -0.15) is 13.2 Å². The molecule has 0 aromatic carbocycles. The van der Waals surface area contributed by atoms with Gasteiger partial charge in [0.2, 0.25) is 11.8 Å². The van der Waals surface area contributed by atoms with Gasteiger partial charge in [0.1, 0.15) is 79.0 Å². The lowest BCUT2D eigenvalue weighted by Gasteiger charge is -2.26. The summed E-state index contributed by atoms with van der Waals surface area (Å²) in [5.41, 5.74) is -7.00. The van der Waals surface area contributed by atoms with Crippen molar-refractivity contribution in [3.8, 4) is 0 Å². The van der Waals surface area contributed by atoms with Crippen LogP contribution in [0.1, 0.15) is 133 Å². The van der Waals surface area contributed by atoms with Gasteiger partial charge in [-0.1, -0.05) is 0 Å². The molecule has 141 heavy (non-hydrogen) atoms. The molecular weight excluding hydrogens is 1980 g/mol. The number of amides is 3. The molecule has 5 unspecified atom stereocenters. The number of alkyl halides is 3. The molecular formula is C87H141F3N15O30P5S. The van der Waals surface area contributed by atoms with Crippen LogP contribution in [0.15, 0.2) is 74.1 Å². The van der Waals surface area contributed by atoms with E-state index in [1.54, 1.807) is 7.05 Å². The molecule has 0 radical (unpaired) electrons. The molecule has 5 fully saturated rings. The molecule has 5 aromatic heterocycles. The van der Waals surface area contributed by atoms with Crippen LogP contribution in [-0.2, 0) is 85.1 Å². The van der Waals surface area contributed by atoms with Crippen molar-refractivity contribution in [2.45, 2.75) is 241 Å². The van der Waals surface area contributed by atoms with Crippen molar-refractivity contribution in [3.05, 3.63) is 157 Å². The fourth-order valence-corrected chi connectivity index (χ4v) is 19.8. The molecule has 45 nitrogen and oxygen atoms in total. The maximum absolute atomic E-state index is 13.2. The summed E-state index contributed by atoms with van der Waals surface area (Å²) in [5, 5.41) is 112. The number of hydrogen-bond acceptors (Lipinski definition) is 33. The zero-order chi connectivity index (χ0) is 107. The first-order valence-electron chi connectivity index (χ1n) is 44.8. The fraction of sp³-hybridized carbons (Fsp3) is 0.655. The summed E-state index contributed by atoms with van der Waals surface area (Å²) in [5.74, 6) is -4.14. The summed E-state index contributed by atoms with van der Waals surface area (Å²) >= 11 is 5.17. The standard InChI is InChI=1S/C22H33F3N3O8P.2C17H28N3O6P.C16H26N3O5PS.C15H26N3O5P/c1-21(2,3)36-14(29)11-27(19(33)22(23,24)25)9-12-10-28(20(34)26-17(12)32)18-16(31)15(30)13(35-18)7-8-37(4,5)6;1-10(21)19(2)8-11-9-20(17(25)18-15(11)24)16-14(23)13(22)12(26-16)6-7-27(3,4)5;1-10(21)7-18-8-11-9-20(17(25)19-15(11)24)16-14(23)13(22)12(26-16)5-6-27(2,3)4;1-9(20)17-7-10-8-19(16(26)18-14(10)23)15-13(22)12(21)11(24-15)5-6-25(2,3)4;1-16-7-9-8-18(15(22)17-13(9)21)14-12(20)11(19)10(23-14)5-6-24(2,3)4/h10,13,15-16,18,30-31H,4,7-9,11H2,1-3,5-6H3,(H,26,32,34);9,12-14,16,22-23H,3,6-8H2,1-2,4-5H3,(H,18,24,25);9,12-14,16,18,22-23H,2,5-8H2,1,3-4H3,(H,19,24,25);8,11-13,15,21-22H,2,5-7H2,1,3-4H3,(H,17,20)(H,18,23,26);8,10-12,14,16,19-20H,2,5-7H2,1,3-4H3,(H,17,21,22)/t13-,15-,16-,18?;2*12-,13-,14-,16?;11-,12-,13-,15?;10-,11-,12-,14?/m11111/s1. The Morgan fingerprint density at radius 3 is 0.979 bits per heavy atom. The normalized spacial score (nSPS) is 25.2. The Bertz CT molecular complexity index is 6120. The first kappa shape index (κ1) is 122. The summed E-state index contributed by atoms with van der Waals surface area (Å²) in [7, 11) is 3.21. The average molecular weight is 2120 g/mol.